The van der Waals surface area contributed by atoms with E-state index < -0.39 is 0 Å². The molecule has 2 aromatic carbocycles. The van der Waals surface area contributed by atoms with Crippen LogP contribution in [-0.2, 0) is 6.54 Å². The molecule has 4 nitrogen and oxygen atoms in total. The summed E-state index contributed by atoms with van der Waals surface area (Å²) in [6, 6.07) is 19.0. The van der Waals surface area contributed by atoms with Gasteiger partial charge in [0.1, 0.15) is 0 Å². The van der Waals surface area contributed by atoms with Crippen molar-refractivity contribution >= 4 is 0 Å². The fourth-order valence-electron chi connectivity index (χ4n) is 4.22. The predicted octanol–water partition coefficient (Wildman–Crippen LogP) is 4.30. The molecule has 1 aliphatic rings. The first-order valence-electron chi connectivity index (χ1n) is 9.77. The zero-order chi connectivity index (χ0) is 18.8. The molecular formula is C23H27N3O. The minimum Gasteiger partial charge on any atom is -0.305 e. The third kappa shape index (κ3) is 3.62. The summed E-state index contributed by atoms with van der Waals surface area (Å²) in [7, 11) is 0. The Morgan fingerprint density at radius 1 is 0.963 bits per heavy atom. The van der Waals surface area contributed by atoms with Crippen LogP contribution in [0.2, 0.25) is 0 Å². The van der Waals surface area contributed by atoms with Gasteiger partial charge in [-0.25, -0.2) is 4.79 Å². The summed E-state index contributed by atoms with van der Waals surface area (Å²) < 4.78 is 1.98. The van der Waals surface area contributed by atoms with Crippen molar-refractivity contribution < 1.29 is 0 Å². The molecule has 0 bridgehead atoms. The molecule has 0 amide bonds. The second-order valence-corrected chi connectivity index (χ2v) is 7.56. The first kappa shape index (κ1) is 17.8. The van der Waals surface area contributed by atoms with Crippen molar-refractivity contribution in [2.45, 2.75) is 39.3 Å². The predicted molar refractivity (Wildman–Crippen MR) is 110 cm³/mol. The number of benzene rings is 2. The molecule has 1 saturated heterocycles. The van der Waals surface area contributed by atoms with Gasteiger partial charge in [-0.3, -0.25) is 9.47 Å². The molecule has 1 aromatic heterocycles. The van der Waals surface area contributed by atoms with E-state index in [-0.39, 0.29) is 11.7 Å². The van der Waals surface area contributed by atoms with Gasteiger partial charge in [0, 0.05) is 31.4 Å². The van der Waals surface area contributed by atoms with Crippen molar-refractivity contribution in [1.29, 1.82) is 0 Å². The molecule has 0 radical (unpaired) electrons. The quantitative estimate of drug-likeness (QED) is 0.753. The number of imidazole rings is 1. The Bertz CT molecular complexity index is 963. The van der Waals surface area contributed by atoms with Gasteiger partial charge < -0.3 is 4.98 Å². The van der Waals surface area contributed by atoms with Crippen molar-refractivity contribution in [3.05, 3.63) is 81.9 Å². The summed E-state index contributed by atoms with van der Waals surface area (Å²) >= 11 is 0. The molecule has 0 atom stereocenters. The Hall–Kier alpha value is -2.59. The summed E-state index contributed by atoms with van der Waals surface area (Å²) in [5, 5.41) is 0. The molecule has 2 heterocycles. The maximum Gasteiger partial charge on any atom is 0.326 e. The normalized spacial score (nSPS) is 15.9. The lowest BCUT2D eigenvalue weighted by Crippen LogP contribution is -2.37. The molecule has 4 rings (SSSR count). The molecule has 1 N–H and O–H groups in total. The molecule has 3 aromatic rings. The van der Waals surface area contributed by atoms with E-state index in [1.165, 1.54) is 11.1 Å². The SMILES string of the molecule is Cc1ccccc1CN1CCC(n2c(C)c(-c3ccccc3)[nH]c2=O)CC1. The van der Waals surface area contributed by atoms with Crippen molar-refractivity contribution in [3.8, 4) is 11.3 Å². The van der Waals surface area contributed by atoms with Gasteiger partial charge in [-0.05, 0) is 43.4 Å². The van der Waals surface area contributed by atoms with E-state index in [9.17, 15) is 4.79 Å². The van der Waals surface area contributed by atoms with Crippen molar-refractivity contribution in [1.82, 2.24) is 14.5 Å². The molecule has 0 aliphatic carbocycles. The molecule has 1 fully saturated rings. The van der Waals surface area contributed by atoms with Crippen LogP contribution in [0, 0.1) is 13.8 Å². The topological polar surface area (TPSA) is 41.0 Å². The maximum absolute atomic E-state index is 12.6. The van der Waals surface area contributed by atoms with Gasteiger partial charge in [0.2, 0.25) is 0 Å². The number of rotatable bonds is 4. The van der Waals surface area contributed by atoms with Gasteiger partial charge in [0.25, 0.3) is 0 Å². The third-order valence-electron chi connectivity index (χ3n) is 5.81. The van der Waals surface area contributed by atoms with Crippen LogP contribution in [-0.4, -0.2) is 27.5 Å². The number of aromatic nitrogens is 2. The molecule has 140 valence electrons. The summed E-state index contributed by atoms with van der Waals surface area (Å²) in [6.07, 6.45) is 2.03. The van der Waals surface area contributed by atoms with Crippen molar-refractivity contribution in [2.75, 3.05) is 13.1 Å². The monoisotopic (exact) mass is 361 g/mol. The van der Waals surface area contributed by atoms with Gasteiger partial charge in [-0.1, -0.05) is 54.6 Å². The Kier molecular flexibility index (Phi) is 4.99. The Balaban J connectivity index is 1.48. The van der Waals surface area contributed by atoms with E-state index in [0.717, 1.165) is 49.4 Å². The number of nitrogens with zero attached hydrogens (tertiary/aromatic N) is 2. The van der Waals surface area contributed by atoms with Crippen LogP contribution in [0.15, 0.2) is 59.4 Å². The Morgan fingerprint density at radius 2 is 1.63 bits per heavy atom. The summed E-state index contributed by atoms with van der Waals surface area (Å²) in [6.45, 7) is 7.28. The van der Waals surface area contributed by atoms with E-state index in [2.05, 4.69) is 48.0 Å². The smallest absolute Gasteiger partial charge is 0.305 e. The lowest BCUT2D eigenvalue weighted by molar-refractivity contribution is 0.177. The van der Waals surface area contributed by atoms with Gasteiger partial charge in [0.05, 0.1) is 5.69 Å². The molecular weight excluding hydrogens is 334 g/mol. The molecule has 0 saturated carbocycles. The molecule has 4 heteroatoms. The van der Waals surface area contributed by atoms with Crippen LogP contribution >= 0.6 is 0 Å². The highest BCUT2D eigenvalue weighted by atomic mass is 16.1. The van der Waals surface area contributed by atoms with E-state index >= 15 is 0 Å². The highest BCUT2D eigenvalue weighted by Crippen LogP contribution is 2.27. The van der Waals surface area contributed by atoms with Crippen LogP contribution in [0.4, 0.5) is 0 Å². The second kappa shape index (κ2) is 7.57. The molecule has 0 unspecified atom stereocenters. The van der Waals surface area contributed by atoms with Crippen LogP contribution < -0.4 is 5.69 Å². The van der Waals surface area contributed by atoms with Gasteiger partial charge in [-0.15, -0.1) is 0 Å². The zero-order valence-electron chi connectivity index (χ0n) is 16.1. The van der Waals surface area contributed by atoms with E-state index in [1.54, 1.807) is 0 Å². The number of hydrogen-bond acceptors (Lipinski definition) is 2. The average Bonchev–Trinajstić information content (AvgIpc) is 2.99. The fourth-order valence-corrected chi connectivity index (χ4v) is 4.22. The summed E-state index contributed by atoms with van der Waals surface area (Å²) in [5.41, 5.74) is 5.83. The van der Waals surface area contributed by atoms with Crippen LogP contribution in [0.3, 0.4) is 0 Å². The second-order valence-electron chi connectivity index (χ2n) is 7.56. The number of aryl methyl sites for hydroxylation is 1. The maximum atomic E-state index is 12.6. The Labute approximate surface area is 160 Å². The third-order valence-corrected chi connectivity index (χ3v) is 5.81. The van der Waals surface area contributed by atoms with E-state index in [4.69, 9.17) is 0 Å². The number of aromatic amines is 1. The number of piperidine rings is 1. The molecule has 0 spiro atoms. The van der Waals surface area contributed by atoms with Crippen LogP contribution in [0.1, 0.15) is 35.7 Å². The number of hydrogen-bond donors (Lipinski definition) is 1. The number of nitrogens with one attached hydrogen (secondary N) is 1. The largest absolute Gasteiger partial charge is 0.326 e. The zero-order valence-corrected chi connectivity index (χ0v) is 16.1. The fraction of sp³-hybridized carbons (Fsp3) is 0.348. The first-order chi connectivity index (χ1) is 13.1. The lowest BCUT2D eigenvalue weighted by atomic mass is 10.0. The van der Waals surface area contributed by atoms with Gasteiger partial charge in [-0.2, -0.15) is 0 Å². The first-order valence-corrected chi connectivity index (χ1v) is 9.77. The number of H-pyrrole nitrogens is 1. The minimum absolute atomic E-state index is 0.0173. The van der Waals surface area contributed by atoms with Crippen molar-refractivity contribution in [3.63, 3.8) is 0 Å². The highest BCUT2D eigenvalue weighted by Gasteiger charge is 2.24. The highest BCUT2D eigenvalue weighted by molar-refractivity contribution is 5.61. The van der Waals surface area contributed by atoms with Gasteiger partial charge in [0.15, 0.2) is 0 Å². The lowest BCUT2D eigenvalue weighted by Gasteiger charge is -2.33. The van der Waals surface area contributed by atoms with Crippen LogP contribution in [0.5, 0.6) is 0 Å². The van der Waals surface area contributed by atoms with Crippen LogP contribution in [0.25, 0.3) is 11.3 Å². The standard InChI is InChI=1S/C23H27N3O/c1-17-8-6-7-11-20(17)16-25-14-12-21(13-15-25)26-18(2)22(24-23(26)27)19-9-4-3-5-10-19/h3-11,21H,12-16H2,1-2H3,(H,24,27). The summed E-state index contributed by atoms with van der Waals surface area (Å²) in [4.78, 5) is 18.2. The van der Waals surface area contributed by atoms with E-state index in [0.29, 0.717) is 0 Å². The Morgan fingerprint density at radius 3 is 2.33 bits per heavy atom. The molecule has 27 heavy (non-hydrogen) atoms. The van der Waals surface area contributed by atoms with Crippen molar-refractivity contribution in [2.24, 2.45) is 0 Å². The average molecular weight is 361 g/mol. The summed E-state index contributed by atoms with van der Waals surface area (Å²) in [5.74, 6) is 0. The van der Waals surface area contributed by atoms with E-state index in [1.807, 2.05) is 34.9 Å². The number of likely N-dealkylation sites (tertiary alicyclic amines) is 1. The van der Waals surface area contributed by atoms with Gasteiger partial charge >= 0.3 is 5.69 Å². The minimum atomic E-state index is 0.0173. The molecule has 1 aliphatic heterocycles.